The van der Waals surface area contributed by atoms with Crippen molar-refractivity contribution in [2.75, 3.05) is 10.6 Å². The van der Waals surface area contributed by atoms with E-state index >= 15 is 0 Å². The molecule has 3 rings (SSSR count). The number of rotatable bonds is 4. The Balaban J connectivity index is 1.87. The number of hydrogen-bond donors (Lipinski definition) is 3. The smallest absolute Gasteiger partial charge is 0.287 e. The van der Waals surface area contributed by atoms with Crippen LogP contribution in [0, 0.1) is 0 Å². The molecule has 0 saturated carbocycles. The van der Waals surface area contributed by atoms with E-state index < -0.39 is 5.54 Å². The minimum Gasteiger partial charge on any atom is -0.345 e. The van der Waals surface area contributed by atoms with Crippen molar-refractivity contribution in [3.8, 4) is 0 Å². The van der Waals surface area contributed by atoms with Crippen molar-refractivity contribution in [2.45, 2.75) is 59.0 Å². The molecule has 0 atom stereocenters. The van der Waals surface area contributed by atoms with Gasteiger partial charge in [0.25, 0.3) is 11.8 Å². The number of fused-ring (bicyclic) bond motifs is 1. The van der Waals surface area contributed by atoms with Crippen molar-refractivity contribution in [1.29, 1.82) is 0 Å². The summed E-state index contributed by atoms with van der Waals surface area (Å²) in [5.74, 6) is -0.573. The van der Waals surface area contributed by atoms with Crippen LogP contribution in [0.15, 0.2) is 24.3 Å². The molecule has 2 heterocycles. The molecule has 3 N–H and O–H groups in total. The SMILES string of the molecule is CC(=O)Nc1cccc(NC(=O)c2nc(C(=O)NC(C)(C)C)n3c2CCCC3)c1. The van der Waals surface area contributed by atoms with E-state index in [2.05, 4.69) is 20.9 Å². The molecule has 0 aliphatic carbocycles. The Morgan fingerprint density at radius 3 is 2.38 bits per heavy atom. The average molecular weight is 397 g/mol. The fourth-order valence-electron chi connectivity index (χ4n) is 3.36. The van der Waals surface area contributed by atoms with Crippen LogP contribution in [0.1, 0.15) is 67.3 Å². The van der Waals surface area contributed by atoms with Gasteiger partial charge in [0.15, 0.2) is 11.5 Å². The van der Waals surface area contributed by atoms with Gasteiger partial charge in [-0.1, -0.05) is 6.07 Å². The van der Waals surface area contributed by atoms with Gasteiger partial charge in [-0.05, 0) is 58.2 Å². The molecule has 29 heavy (non-hydrogen) atoms. The summed E-state index contributed by atoms with van der Waals surface area (Å²) in [6.07, 6.45) is 2.59. The number of carbonyl (C=O) groups excluding carboxylic acids is 3. The third kappa shape index (κ3) is 5.01. The van der Waals surface area contributed by atoms with Gasteiger partial charge in [-0.15, -0.1) is 0 Å². The van der Waals surface area contributed by atoms with E-state index in [4.69, 9.17) is 0 Å². The largest absolute Gasteiger partial charge is 0.345 e. The zero-order valence-corrected chi connectivity index (χ0v) is 17.3. The molecule has 154 valence electrons. The summed E-state index contributed by atoms with van der Waals surface area (Å²) in [7, 11) is 0. The summed E-state index contributed by atoms with van der Waals surface area (Å²) in [6.45, 7) is 7.80. The van der Waals surface area contributed by atoms with Gasteiger partial charge < -0.3 is 20.5 Å². The lowest BCUT2D eigenvalue weighted by atomic mass is 10.1. The Hall–Kier alpha value is -3.16. The summed E-state index contributed by atoms with van der Waals surface area (Å²) in [5.41, 5.74) is 1.79. The maximum absolute atomic E-state index is 12.9. The molecule has 0 spiro atoms. The van der Waals surface area contributed by atoms with Gasteiger partial charge >= 0.3 is 0 Å². The van der Waals surface area contributed by atoms with Crippen LogP contribution in [0.4, 0.5) is 11.4 Å². The van der Waals surface area contributed by atoms with Crippen molar-refractivity contribution in [2.24, 2.45) is 0 Å². The molecule has 0 radical (unpaired) electrons. The summed E-state index contributed by atoms with van der Waals surface area (Å²) in [5, 5.41) is 8.43. The van der Waals surface area contributed by atoms with Gasteiger partial charge in [0.05, 0.1) is 5.69 Å². The second kappa shape index (κ2) is 8.06. The number of amides is 3. The minimum atomic E-state index is -0.398. The van der Waals surface area contributed by atoms with Crippen LogP contribution in [-0.2, 0) is 17.8 Å². The molecule has 1 aromatic heterocycles. The molecular formula is C21H27N5O3. The number of imidazole rings is 1. The fraction of sp³-hybridized carbons (Fsp3) is 0.429. The minimum absolute atomic E-state index is 0.189. The average Bonchev–Trinajstić information content (AvgIpc) is 3.00. The Kier molecular flexibility index (Phi) is 5.72. The Bertz CT molecular complexity index is 956. The predicted molar refractivity (Wildman–Crippen MR) is 111 cm³/mol. The van der Waals surface area contributed by atoms with Gasteiger partial charge in [-0.25, -0.2) is 4.98 Å². The molecule has 2 aromatic rings. The number of nitrogens with one attached hydrogen (secondary N) is 3. The zero-order valence-electron chi connectivity index (χ0n) is 17.3. The van der Waals surface area contributed by atoms with E-state index in [0.29, 0.717) is 24.3 Å². The lowest BCUT2D eigenvalue weighted by molar-refractivity contribution is -0.114. The molecule has 0 saturated heterocycles. The highest BCUT2D eigenvalue weighted by Crippen LogP contribution is 2.23. The van der Waals surface area contributed by atoms with Crippen LogP contribution in [0.2, 0.25) is 0 Å². The molecule has 3 amide bonds. The van der Waals surface area contributed by atoms with Crippen molar-refractivity contribution in [3.05, 3.63) is 41.5 Å². The van der Waals surface area contributed by atoms with Crippen molar-refractivity contribution in [3.63, 3.8) is 0 Å². The topological polar surface area (TPSA) is 105 Å². The molecule has 0 bridgehead atoms. The van der Waals surface area contributed by atoms with E-state index in [-0.39, 0.29) is 29.2 Å². The third-order valence-corrected chi connectivity index (χ3v) is 4.47. The van der Waals surface area contributed by atoms with Crippen molar-refractivity contribution >= 4 is 29.1 Å². The van der Waals surface area contributed by atoms with E-state index in [9.17, 15) is 14.4 Å². The number of anilines is 2. The van der Waals surface area contributed by atoms with Crippen molar-refractivity contribution < 1.29 is 14.4 Å². The van der Waals surface area contributed by atoms with E-state index in [0.717, 1.165) is 18.5 Å². The van der Waals surface area contributed by atoms with Crippen LogP contribution < -0.4 is 16.0 Å². The van der Waals surface area contributed by atoms with Gasteiger partial charge in [-0.3, -0.25) is 14.4 Å². The zero-order chi connectivity index (χ0) is 21.2. The number of hydrogen-bond acceptors (Lipinski definition) is 4. The quantitative estimate of drug-likeness (QED) is 0.737. The van der Waals surface area contributed by atoms with E-state index in [1.54, 1.807) is 24.3 Å². The number of benzene rings is 1. The van der Waals surface area contributed by atoms with Crippen LogP contribution in [0.5, 0.6) is 0 Å². The second-order valence-electron chi connectivity index (χ2n) is 8.26. The lowest BCUT2D eigenvalue weighted by Gasteiger charge is -2.22. The van der Waals surface area contributed by atoms with Gasteiger partial charge in [-0.2, -0.15) is 0 Å². The maximum atomic E-state index is 12.9. The predicted octanol–water partition coefficient (Wildman–Crippen LogP) is 2.96. The number of nitrogens with zero attached hydrogens (tertiary/aromatic N) is 2. The molecule has 8 nitrogen and oxygen atoms in total. The fourth-order valence-corrected chi connectivity index (χ4v) is 3.36. The van der Waals surface area contributed by atoms with Gasteiger partial charge in [0.2, 0.25) is 5.91 Å². The molecule has 0 unspecified atom stereocenters. The standard InChI is InChI=1S/C21H27N5O3/c1-13(27)22-14-8-7-9-15(12-14)23-19(28)17-16-10-5-6-11-26(16)18(24-17)20(29)25-21(2,3)4/h7-9,12H,5-6,10-11H2,1-4H3,(H,22,27)(H,23,28)(H,25,29). The second-order valence-corrected chi connectivity index (χ2v) is 8.26. The molecule has 1 aliphatic rings. The third-order valence-electron chi connectivity index (χ3n) is 4.47. The molecule has 0 fully saturated rings. The maximum Gasteiger partial charge on any atom is 0.287 e. The van der Waals surface area contributed by atoms with Crippen LogP contribution >= 0.6 is 0 Å². The Labute approximate surface area is 170 Å². The molecule has 1 aromatic carbocycles. The highest BCUT2D eigenvalue weighted by molar-refractivity contribution is 6.05. The van der Waals surface area contributed by atoms with Crippen LogP contribution in [0.25, 0.3) is 0 Å². The summed E-state index contributed by atoms with van der Waals surface area (Å²) in [4.78, 5) is 41.3. The van der Waals surface area contributed by atoms with E-state index in [1.807, 2.05) is 25.3 Å². The normalized spacial score (nSPS) is 13.4. The first-order valence-electron chi connectivity index (χ1n) is 9.75. The van der Waals surface area contributed by atoms with Gasteiger partial charge in [0.1, 0.15) is 0 Å². The summed E-state index contributed by atoms with van der Waals surface area (Å²) < 4.78 is 1.85. The number of carbonyl (C=O) groups is 3. The van der Waals surface area contributed by atoms with Crippen molar-refractivity contribution in [1.82, 2.24) is 14.9 Å². The highest BCUT2D eigenvalue weighted by Gasteiger charge is 2.29. The summed E-state index contributed by atoms with van der Waals surface area (Å²) >= 11 is 0. The highest BCUT2D eigenvalue weighted by atomic mass is 16.2. The van der Waals surface area contributed by atoms with E-state index in [1.165, 1.54) is 6.92 Å². The van der Waals surface area contributed by atoms with Crippen LogP contribution in [-0.4, -0.2) is 32.8 Å². The first kappa shape index (κ1) is 20.6. The first-order valence-corrected chi connectivity index (χ1v) is 9.75. The molecular weight excluding hydrogens is 370 g/mol. The molecule has 1 aliphatic heterocycles. The lowest BCUT2D eigenvalue weighted by Crippen LogP contribution is -2.42. The monoisotopic (exact) mass is 397 g/mol. The van der Waals surface area contributed by atoms with Gasteiger partial charge in [0, 0.05) is 30.4 Å². The molecule has 8 heteroatoms. The Morgan fingerprint density at radius 1 is 1.03 bits per heavy atom. The number of aromatic nitrogens is 2. The Morgan fingerprint density at radius 2 is 1.72 bits per heavy atom. The van der Waals surface area contributed by atoms with Crippen LogP contribution in [0.3, 0.4) is 0 Å². The first-order chi connectivity index (χ1) is 13.6. The summed E-state index contributed by atoms with van der Waals surface area (Å²) in [6, 6.07) is 6.89.